The first kappa shape index (κ1) is 19.0. The Morgan fingerprint density at radius 3 is 2.56 bits per heavy atom. The van der Waals surface area contributed by atoms with Crippen LogP contribution in [0.5, 0.6) is 0 Å². The molecule has 0 spiro atoms. The number of aryl methyl sites for hydroxylation is 1. The Labute approximate surface area is 149 Å². The highest BCUT2D eigenvalue weighted by Crippen LogP contribution is 2.17. The molecule has 2 atom stereocenters. The molecule has 0 aliphatic carbocycles. The number of aliphatic hydroxyl groups excluding tert-OH is 1. The van der Waals surface area contributed by atoms with E-state index in [-0.39, 0.29) is 18.7 Å². The van der Waals surface area contributed by atoms with Gasteiger partial charge in [-0.3, -0.25) is 0 Å². The average Bonchev–Trinajstić information content (AvgIpc) is 3.01. The van der Waals surface area contributed by atoms with Gasteiger partial charge in [0, 0.05) is 18.1 Å². The van der Waals surface area contributed by atoms with E-state index in [4.69, 9.17) is 0 Å². The molecule has 2 rings (SSSR count). The second-order valence-corrected chi connectivity index (χ2v) is 6.72. The van der Waals surface area contributed by atoms with Gasteiger partial charge in [0.15, 0.2) is 0 Å². The molecule has 0 bridgehead atoms. The molecule has 2 unspecified atom stereocenters. The lowest BCUT2D eigenvalue weighted by atomic mass is 9.97. The van der Waals surface area contributed by atoms with Crippen molar-refractivity contribution in [1.29, 1.82) is 0 Å². The Morgan fingerprint density at radius 2 is 2.04 bits per heavy atom. The Balaban J connectivity index is 2.00. The highest BCUT2D eigenvalue weighted by atomic mass is 16.3. The third-order valence-corrected chi connectivity index (χ3v) is 4.41. The van der Waals surface area contributed by atoms with Gasteiger partial charge in [0.05, 0.1) is 18.2 Å². The van der Waals surface area contributed by atoms with E-state index in [1.165, 1.54) is 0 Å². The number of nitrogens with zero attached hydrogens (tertiary/aromatic N) is 2. The summed E-state index contributed by atoms with van der Waals surface area (Å²) in [7, 11) is 0. The number of benzene rings is 1. The highest BCUT2D eigenvalue weighted by molar-refractivity contribution is 5.75. The first-order chi connectivity index (χ1) is 11.9. The van der Waals surface area contributed by atoms with Crippen LogP contribution in [0.2, 0.25) is 0 Å². The molecule has 25 heavy (non-hydrogen) atoms. The Kier molecular flexibility index (Phi) is 6.20. The van der Waals surface area contributed by atoms with Crippen molar-refractivity contribution >= 4 is 6.03 Å². The van der Waals surface area contributed by atoms with Gasteiger partial charge in [0.2, 0.25) is 0 Å². The predicted octanol–water partition coefficient (Wildman–Crippen LogP) is 3.09. The molecule has 0 saturated heterocycles. The third kappa shape index (κ3) is 4.82. The number of amides is 2. The van der Waals surface area contributed by atoms with Gasteiger partial charge >= 0.3 is 6.03 Å². The Morgan fingerprint density at radius 1 is 1.36 bits per heavy atom. The topological polar surface area (TPSA) is 79.2 Å². The fourth-order valence-electron chi connectivity index (χ4n) is 2.90. The summed E-state index contributed by atoms with van der Waals surface area (Å²) in [6.07, 6.45) is 5.31. The van der Waals surface area contributed by atoms with Crippen LogP contribution in [-0.4, -0.2) is 32.8 Å². The van der Waals surface area contributed by atoms with E-state index in [1.807, 2.05) is 62.7 Å². The minimum absolute atomic E-state index is 0.0818. The summed E-state index contributed by atoms with van der Waals surface area (Å²) < 4.78 is 2.01. The molecular formula is C19H28N4O2. The standard InChI is InChI=1S/C19H28N4O2/c1-5-10-19(4,13-24)22-18(25)21-14(2)16-6-8-17(9-7-16)23-12-11-20-15(23)3/h6-9,11-12,14,24H,5,10,13H2,1-4H3,(H2,21,22,25). The number of nitrogens with one attached hydrogen (secondary N) is 2. The van der Waals surface area contributed by atoms with Gasteiger partial charge in [-0.05, 0) is 44.9 Å². The van der Waals surface area contributed by atoms with Gasteiger partial charge in [0.1, 0.15) is 5.82 Å². The number of carbonyl (C=O) groups is 1. The molecule has 0 saturated carbocycles. The van der Waals surface area contributed by atoms with Crippen LogP contribution in [0.4, 0.5) is 4.79 Å². The number of urea groups is 1. The number of hydrogen-bond donors (Lipinski definition) is 3. The molecule has 0 aliphatic heterocycles. The zero-order valence-electron chi connectivity index (χ0n) is 15.4. The average molecular weight is 344 g/mol. The van der Waals surface area contributed by atoms with E-state index in [0.717, 1.165) is 29.9 Å². The van der Waals surface area contributed by atoms with E-state index in [9.17, 15) is 9.90 Å². The lowest BCUT2D eigenvalue weighted by Crippen LogP contribution is -2.52. The maximum atomic E-state index is 12.2. The minimum atomic E-state index is -0.596. The summed E-state index contributed by atoms with van der Waals surface area (Å²) in [6, 6.07) is 7.60. The molecule has 3 N–H and O–H groups in total. The molecule has 6 heteroatoms. The van der Waals surface area contributed by atoms with E-state index < -0.39 is 5.54 Å². The normalized spacial score (nSPS) is 14.6. The number of hydrogen-bond acceptors (Lipinski definition) is 3. The monoisotopic (exact) mass is 344 g/mol. The van der Waals surface area contributed by atoms with Crippen LogP contribution in [0.15, 0.2) is 36.7 Å². The van der Waals surface area contributed by atoms with E-state index in [1.54, 1.807) is 6.20 Å². The van der Waals surface area contributed by atoms with Crippen LogP contribution in [0.3, 0.4) is 0 Å². The van der Waals surface area contributed by atoms with Gasteiger partial charge in [0.25, 0.3) is 0 Å². The van der Waals surface area contributed by atoms with Crippen molar-refractivity contribution in [2.45, 2.75) is 52.1 Å². The van der Waals surface area contributed by atoms with Crippen molar-refractivity contribution in [3.8, 4) is 5.69 Å². The molecule has 1 aromatic heterocycles. The first-order valence-electron chi connectivity index (χ1n) is 8.68. The van der Waals surface area contributed by atoms with Crippen molar-refractivity contribution < 1.29 is 9.90 Å². The van der Waals surface area contributed by atoms with Crippen LogP contribution >= 0.6 is 0 Å². The Bertz CT molecular complexity index is 696. The number of imidazole rings is 1. The SMILES string of the molecule is CCCC(C)(CO)NC(=O)NC(C)c1ccc(-n2ccnc2C)cc1. The van der Waals surface area contributed by atoms with Gasteiger partial charge < -0.3 is 20.3 Å². The molecular weight excluding hydrogens is 316 g/mol. The summed E-state index contributed by atoms with van der Waals surface area (Å²) >= 11 is 0. The Hall–Kier alpha value is -2.34. The van der Waals surface area contributed by atoms with Gasteiger partial charge in [-0.2, -0.15) is 0 Å². The largest absolute Gasteiger partial charge is 0.394 e. The molecule has 1 aromatic carbocycles. The molecule has 136 valence electrons. The fraction of sp³-hybridized carbons (Fsp3) is 0.474. The smallest absolute Gasteiger partial charge is 0.315 e. The second-order valence-electron chi connectivity index (χ2n) is 6.72. The van der Waals surface area contributed by atoms with Crippen LogP contribution in [0.25, 0.3) is 5.69 Å². The summed E-state index contributed by atoms with van der Waals surface area (Å²) in [4.78, 5) is 16.5. The molecule has 2 amide bonds. The lowest BCUT2D eigenvalue weighted by molar-refractivity contribution is 0.162. The van der Waals surface area contributed by atoms with Gasteiger partial charge in [-0.15, -0.1) is 0 Å². The lowest BCUT2D eigenvalue weighted by Gasteiger charge is -2.29. The second kappa shape index (κ2) is 8.16. The van der Waals surface area contributed by atoms with Crippen molar-refractivity contribution in [3.63, 3.8) is 0 Å². The van der Waals surface area contributed by atoms with Crippen LogP contribution < -0.4 is 10.6 Å². The maximum absolute atomic E-state index is 12.2. The van der Waals surface area contributed by atoms with Gasteiger partial charge in [-0.1, -0.05) is 25.5 Å². The number of rotatable bonds is 7. The molecule has 6 nitrogen and oxygen atoms in total. The van der Waals surface area contributed by atoms with E-state index >= 15 is 0 Å². The quantitative estimate of drug-likeness (QED) is 0.722. The van der Waals surface area contributed by atoms with Crippen molar-refractivity contribution in [2.75, 3.05) is 6.61 Å². The van der Waals surface area contributed by atoms with Crippen molar-refractivity contribution in [2.24, 2.45) is 0 Å². The zero-order chi connectivity index (χ0) is 18.4. The predicted molar refractivity (Wildman–Crippen MR) is 98.8 cm³/mol. The van der Waals surface area contributed by atoms with Crippen molar-refractivity contribution in [1.82, 2.24) is 20.2 Å². The molecule has 0 fully saturated rings. The molecule has 2 aromatic rings. The van der Waals surface area contributed by atoms with E-state index in [2.05, 4.69) is 15.6 Å². The zero-order valence-corrected chi connectivity index (χ0v) is 15.4. The summed E-state index contributed by atoms with van der Waals surface area (Å²) in [6.45, 7) is 7.69. The van der Waals surface area contributed by atoms with Crippen LogP contribution in [0.1, 0.15) is 51.0 Å². The number of carbonyl (C=O) groups excluding carboxylic acids is 1. The first-order valence-corrected chi connectivity index (χ1v) is 8.68. The fourth-order valence-corrected chi connectivity index (χ4v) is 2.90. The van der Waals surface area contributed by atoms with Crippen LogP contribution in [-0.2, 0) is 0 Å². The van der Waals surface area contributed by atoms with Crippen LogP contribution in [0, 0.1) is 6.92 Å². The number of aliphatic hydroxyl groups is 1. The highest BCUT2D eigenvalue weighted by Gasteiger charge is 2.25. The molecule has 0 aliphatic rings. The van der Waals surface area contributed by atoms with E-state index in [0.29, 0.717) is 0 Å². The summed E-state index contributed by atoms with van der Waals surface area (Å²) in [5.74, 6) is 0.928. The third-order valence-electron chi connectivity index (χ3n) is 4.41. The molecule has 0 radical (unpaired) electrons. The molecule has 1 heterocycles. The maximum Gasteiger partial charge on any atom is 0.315 e. The summed E-state index contributed by atoms with van der Waals surface area (Å²) in [5, 5.41) is 15.3. The summed E-state index contributed by atoms with van der Waals surface area (Å²) in [5.41, 5.74) is 1.45. The minimum Gasteiger partial charge on any atom is -0.394 e. The van der Waals surface area contributed by atoms with Gasteiger partial charge in [-0.25, -0.2) is 9.78 Å². The van der Waals surface area contributed by atoms with Crippen molar-refractivity contribution in [3.05, 3.63) is 48.0 Å². The number of aromatic nitrogens is 2.